The van der Waals surface area contributed by atoms with Gasteiger partial charge in [-0.1, -0.05) is 25.1 Å². The number of carbonyl (C=O) groups is 4. The number of hydrogen-bond acceptors (Lipinski definition) is 5. The number of H-pyrrole nitrogens is 1. The quantitative estimate of drug-likeness (QED) is 0.459. The van der Waals surface area contributed by atoms with Crippen LogP contribution in [-0.4, -0.2) is 51.8 Å². The van der Waals surface area contributed by atoms with E-state index in [9.17, 15) is 19.2 Å². The highest BCUT2D eigenvalue weighted by Crippen LogP contribution is 2.22. The summed E-state index contributed by atoms with van der Waals surface area (Å²) in [4.78, 5) is 52.9. The predicted molar refractivity (Wildman–Crippen MR) is 97.1 cm³/mol. The lowest BCUT2D eigenvalue weighted by Crippen LogP contribution is -2.43. The number of carbonyl (C=O) groups excluding carboxylic acids is 4. The van der Waals surface area contributed by atoms with Crippen LogP contribution < -0.4 is 5.32 Å². The van der Waals surface area contributed by atoms with Gasteiger partial charge in [0.15, 0.2) is 6.10 Å². The maximum absolute atomic E-state index is 12.6. The Morgan fingerprint density at radius 1 is 1.26 bits per heavy atom. The van der Waals surface area contributed by atoms with Gasteiger partial charge in [-0.25, -0.2) is 4.79 Å². The first-order valence-electron chi connectivity index (χ1n) is 8.70. The Bertz CT molecular complexity index is 934. The van der Waals surface area contributed by atoms with Crippen LogP contribution in [0.1, 0.15) is 37.6 Å². The van der Waals surface area contributed by atoms with Gasteiger partial charge in [-0.2, -0.15) is 0 Å². The molecule has 0 saturated carbocycles. The van der Waals surface area contributed by atoms with Crippen molar-refractivity contribution < 1.29 is 23.9 Å². The number of urea groups is 1. The number of ketones is 1. The fourth-order valence-electron chi connectivity index (χ4n) is 3.04. The van der Waals surface area contributed by atoms with Gasteiger partial charge in [0.25, 0.3) is 5.91 Å². The first-order chi connectivity index (χ1) is 12.8. The van der Waals surface area contributed by atoms with Crippen LogP contribution in [-0.2, 0) is 14.3 Å². The second-order valence-electron chi connectivity index (χ2n) is 6.75. The van der Waals surface area contributed by atoms with Gasteiger partial charge in [-0.15, -0.1) is 0 Å². The number of nitrogens with zero attached hydrogens (tertiary/aromatic N) is 1. The van der Waals surface area contributed by atoms with Crippen molar-refractivity contribution in [1.82, 2.24) is 15.2 Å². The number of rotatable bonds is 6. The maximum Gasteiger partial charge on any atom is 0.326 e. The lowest BCUT2D eigenvalue weighted by Gasteiger charge is -2.19. The number of nitrogens with one attached hydrogen (secondary N) is 2. The van der Waals surface area contributed by atoms with E-state index < -0.39 is 36.1 Å². The number of Topliss-reactive ketones (excluding diaryl/α,β-unsaturated/α-hetero) is 1. The Morgan fingerprint density at radius 3 is 2.63 bits per heavy atom. The summed E-state index contributed by atoms with van der Waals surface area (Å²) < 4.78 is 5.17. The Morgan fingerprint density at radius 2 is 1.96 bits per heavy atom. The highest BCUT2D eigenvalue weighted by molar-refractivity contribution is 6.11. The van der Waals surface area contributed by atoms with E-state index in [1.807, 2.05) is 18.2 Å². The number of benzene rings is 1. The minimum atomic E-state index is -1.05. The summed E-state index contributed by atoms with van der Waals surface area (Å²) in [5.41, 5.74) is 0.194. The smallest absolute Gasteiger partial charge is 0.326 e. The second-order valence-corrected chi connectivity index (χ2v) is 6.75. The third-order valence-corrected chi connectivity index (χ3v) is 4.87. The minimum absolute atomic E-state index is 0.364. The molecule has 8 heteroatoms. The zero-order chi connectivity index (χ0) is 19.8. The molecule has 1 saturated heterocycles. The van der Waals surface area contributed by atoms with E-state index in [-0.39, 0.29) is 5.78 Å². The molecule has 0 spiro atoms. The fourth-order valence-corrected chi connectivity index (χ4v) is 3.04. The summed E-state index contributed by atoms with van der Waals surface area (Å²) in [5.74, 6) is -1.67. The summed E-state index contributed by atoms with van der Waals surface area (Å²) in [5, 5.41) is 3.30. The molecule has 1 aliphatic rings. The molecule has 1 aliphatic heterocycles. The van der Waals surface area contributed by atoms with Crippen molar-refractivity contribution in [3.8, 4) is 0 Å². The number of hydrogen-bond donors (Lipinski definition) is 2. The molecule has 0 radical (unpaired) electrons. The van der Waals surface area contributed by atoms with Crippen molar-refractivity contribution in [2.45, 2.75) is 38.8 Å². The van der Waals surface area contributed by atoms with Crippen molar-refractivity contribution in [3.05, 3.63) is 36.0 Å². The lowest BCUT2D eigenvalue weighted by molar-refractivity contribution is -0.149. The summed E-state index contributed by atoms with van der Waals surface area (Å²) in [6, 6.07) is 6.65. The van der Waals surface area contributed by atoms with E-state index in [0.29, 0.717) is 12.0 Å². The normalized spacial score (nSPS) is 20.6. The van der Waals surface area contributed by atoms with Crippen LogP contribution in [0.4, 0.5) is 4.79 Å². The standard InChI is InChI=1S/C19H21N3O5/c1-4-19(3)17(25)22(18(26)21-19)10-15(23)27-11(2)16(24)13-9-20-14-8-6-5-7-12(13)14/h5-9,11,20H,4,10H2,1-3H3,(H,21,26)/t11-,19+/m1/s1. The Kier molecular flexibility index (Phi) is 4.73. The van der Waals surface area contributed by atoms with Crippen molar-refractivity contribution in [2.75, 3.05) is 6.54 Å². The fraction of sp³-hybridized carbons (Fsp3) is 0.368. The van der Waals surface area contributed by atoms with Gasteiger partial charge >= 0.3 is 12.0 Å². The molecule has 1 aromatic heterocycles. The number of ether oxygens (including phenoxy) is 1. The third kappa shape index (κ3) is 3.30. The van der Waals surface area contributed by atoms with Crippen molar-refractivity contribution >= 4 is 34.6 Å². The van der Waals surface area contributed by atoms with Crippen molar-refractivity contribution in [3.63, 3.8) is 0 Å². The Hall–Kier alpha value is -3.16. The lowest BCUT2D eigenvalue weighted by atomic mass is 9.99. The van der Waals surface area contributed by atoms with Crippen molar-refractivity contribution in [2.24, 2.45) is 0 Å². The summed E-state index contributed by atoms with van der Waals surface area (Å²) >= 11 is 0. The van der Waals surface area contributed by atoms with E-state index in [1.54, 1.807) is 26.1 Å². The SMILES string of the molecule is CC[C@]1(C)NC(=O)N(CC(=O)O[C@H](C)C(=O)c2c[nH]c3ccccc23)C1=O. The summed E-state index contributed by atoms with van der Waals surface area (Å²) in [7, 11) is 0. The van der Waals surface area contributed by atoms with Crippen LogP contribution in [0.5, 0.6) is 0 Å². The van der Waals surface area contributed by atoms with Crippen LogP contribution in [0.3, 0.4) is 0 Å². The summed E-state index contributed by atoms with van der Waals surface area (Å²) in [6.45, 7) is 4.29. The summed E-state index contributed by atoms with van der Waals surface area (Å²) in [6.07, 6.45) is 0.926. The molecule has 1 fully saturated rings. The molecule has 2 aromatic rings. The molecular weight excluding hydrogens is 350 g/mol. The van der Waals surface area contributed by atoms with E-state index >= 15 is 0 Å². The van der Waals surface area contributed by atoms with Gasteiger partial charge in [0.05, 0.1) is 0 Å². The van der Waals surface area contributed by atoms with Crippen LogP contribution >= 0.6 is 0 Å². The molecule has 0 bridgehead atoms. The molecule has 1 aromatic carbocycles. The predicted octanol–water partition coefficient (Wildman–Crippen LogP) is 2.00. The van der Waals surface area contributed by atoms with Gasteiger partial charge in [-0.3, -0.25) is 19.3 Å². The van der Waals surface area contributed by atoms with Gasteiger partial charge in [0, 0.05) is 22.7 Å². The first kappa shape index (κ1) is 18.6. The van der Waals surface area contributed by atoms with Gasteiger partial charge in [0.2, 0.25) is 5.78 Å². The number of imide groups is 1. The van der Waals surface area contributed by atoms with E-state index in [4.69, 9.17) is 4.74 Å². The molecule has 0 unspecified atom stereocenters. The van der Waals surface area contributed by atoms with Crippen LogP contribution in [0.15, 0.2) is 30.5 Å². The molecule has 8 nitrogen and oxygen atoms in total. The number of aromatic nitrogens is 1. The second kappa shape index (κ2) is 6.86. The number of aromatic amines is 1. The molecule has 2 heterocycles. The molecule has 142 valence electrons. The van der Waals surface area contributed by atoms with E-state index in [2.05, 4.69) is 10.3 Å². The molecule has 3 rings (SSSR count). The number of fused-ring (bicyclic) bond motifs is 1. The average Bonchev–Trinajstić information content (AvgIpc) is 3.16. The minimum Gasteiger partial charge on any atom is -0.453 e. The third-order valence-electron chi connectivity index (χ3n) is 4.87. The molecule has 3 amide bonds. The molecule has 2 atom stereocenters. The molecule has 27 heavy (non-hydrogen) atoms. The monoisotopic (exact) mass is 371 g/mol. The Balaban J connectivity index is 1.66. The topological polar surface area (TPSA) is 109 Å². The molecular formula is C19H21N3O5. The largest absolute Gasteiger partial charge is 0.453 e. The van der Waals surface area contributed by atoms with Crippen molar-refractivity contribution in [1.29, 1.82) is 0 Å². The number of para-hydroxylation sites is 1. The Labute approximate surface area is 155 Å². The maximum atomic E-state index is 12.6. The molecule has 0 aliphatic carbocycles. The number of esters is 1. The molecule has 2 N–H and O–H groups in total. The van der Waals surface area contributed by atoms with E-state index in [1.165, 1.54) is 6.92 Å². The van der Waals surface area contributed by atoms with Crippen LogP contribution in [0.25, 0.3) is 10.9 Å². The van der Waals surface area contributed by atoms with Gasteiger partial charge in [0.1, 0.15) is 12.1 Å². The van der Waals surface area contributed by atoms with E-state index in [0.717, 1.165) is 15.8 Å². The highest BCUT2D eigenvalue weighted by Gasteiger charge is 2.47. The van der Waals surface area contributed by atoms with Gasteiger partial charge < -0.3 is 15.0 Å². The highest BCUT2D eigenvalue weighted by atomic mass is 16.5. The average molecular weight is 371 g/mol. The number of amides is 3. The zero-order valence-corrected chi connectivity index (χ0v) is 15.4. The van der Waals surface area contributed by atoms with Crippen LogP contribution in [0.2, 0.25) is 0 Å². The zero-order valence-electron chi connectivity index (χ0n) is 15.4. The van der Waals surface area contributed by atoms with Crippen LogP contribution in [0, 0.1) is 0 Å². The van der Waals surface area contributed by atoms with Gasteiger partial charge in [-0.05, 0) is 26.3 Å². The first-order valence-corrected chi connectivity index (χ1v) is 8.70.